The Balaban J connectivity index is 0.000000287. The first-order chi connectivity index (χ1) is 48.8. The van der Waals surface area contributed by atoms with Crippen LogP contribution in [0.3, 0.4) is 0 Å². The maximum atomic E-state index is 14.3. The number of aromatic nitrogens is 9. The van der Waals surface area contributed by atoms with Crippen molar-refractivity contribution >= 4 is 64.9 Å². The zero-order valence-corrected chi connectivity index (χ0v) is 65.6. The number of benzene rings is 3. The van der Waals surface area contributed by atoms with Gasteiger partial charge in [-0.05, 0) is 163 Å². The smallest absolute Gasteiger partial charge is 0.384 e. The number of carbonyl (C=O) groups is 3. The number of hydrogen-bond acceptors (Lipinski definition) is 22. The molecule has 554 valence electrons. The van der Waals surface area contributed by atoms with E-state index in [0.29, 0.717) is 33.1 Å². The van der Waals surface area contributed by atoms with Crippen LogP contribution in [0, 0.1) is 80.0 Å². The number of rotatable bonds is 20. The summed E-state index contributed by atoms with van der Waals surface area (Å²) in [6, 6.07) is 25.8. The maximum Gasteiger partial charge on any atom is 1.00 e. The van der Waals surface area contributed by atoms with Gasteiger partial charge in [0.05, 0.1) is 73.3 Å². The Bertz CT molecular complexity index is 5970. The largest absolute Gasteiger partial charge is 1.00 e. The van der Waals surface area contributed by atoms with E-state index >= 15 is 0 Å². The van der Waals surface area contributed by atoms with E-state index < -0.39 is 135 Å². The summed E-state index contributed by atoms with van der Waals surface area (Å²) < 4.78 is 120. The molecule has 0 bridgehead atoms. The van der Waals surface area contributed by atoms with Crippen LogP contribution in [-0.4, -0.2) is 104 Å². The number of pyridine rings is 3. The van der Waals surface area contributed by atoms with Gasteiger partial charge >= 0.3 is 68.5 Å². The SMILES string of the molecule is Cc1cc(C#N)cc(C(=O)c2c(C(C)C)c(=O)[nH]c(=O)n2Cc2cc(F)nc(NS(C)(=O)=O)c2)c1.Cc1cc(C#N)cc(C(=O)c2c(C(C)C)c(=O)[nH]c(=O)n2Cc2cc(N)nc(F)c2)c1.Cc1cc(C#N)cc(C(=O)c2c(C(C)C)c(=O)n(S(C)(=O)=O)c(=O)n2Cc2cc(F)nc(NS(C)(=O)=O)c2)c1.[CH3-].[K+]. The molecule has 6 N–H and O–H groups in total. The van der Waals surface area contributed by atoms with Crippen molar-refractivity contribution in [3.63, 3.8) is 0 Å². The van der Waals surface area contributed by atoms with E-state index in [1.165, 1.54) is 62.4 Å². The molecule has 37 heteroatoms. The summed E-state index contributed by atoms with van der Waals surface area (Å²) in [4.78, 5) is 133. The molecule has 6 heterocycles. The van der Waals surface area contributed by atoms with E-state index in [-0.39, 0.29) is 160 Å². The normalized spacial score (nSPS) is 11.2. The van der Waals surface area contributed by atoms with Gasteiger partial charge in [0.25, 0.3) is 16.7 Å². The Morgan fingerprint density at radius 1 is 0.486 bits per heavy atom. The Kier molecular flexibility index (Phi) is 28.6. The van der Waals surface area contributed by atoms with E-state index in [0.717, 1.165) is 45.9 Å². The van der Waals surface area contributed by atoms with Crippen LogP contribution >= 0.6 is 0 Å². The summed E-state index contributed by atoms with van der Waals surface area (Å²) in [5, 5.41) is 27.9. The standard InChI is InChI=1S/C24H24FN5O7S2.C23H22FN5O5S.C22H20FN5O3.CH3.K/c1-13(2)20-21(22(31)17-7-14(3)6-15(8-17)11-26)29(24(33)30(23(20)32)39(5,36)37)12-16-9-18(25)27-19(10-16)28-38(4,34)35;1-12(2)19-20(21(30)16-6-13(3)5-14(7-16)10-25)29(23(32)27-22(19)31)11-15-8-17(24)26-18(9-15)28-35(4,33)34;1-11(2)18-19(20(29)15-5-12(3)4-13(6-15)9-24)28(22(31)27-21(18)30)10-14-7-16(23)26-17(25)8-14;;/h6-10,13H,12H2,1-5H3,(H,27,28);5-9,12H,11H2,1-4H3,(H,26,28)(H,27,31,32);4-8,11H,10H2,1-3H3,(H2,25,26)(H,27,30,31);1H3;/q;;;-1;+1. The molecule has 0 fully saturated rings. The van der Waals surface area contributed by atoms with Gasteiger partial charge in [0.1, 0.15) is 34.5 Å². The first kappa shape index (κ1) is 86.9. The molecule has 0 aliphatic rings. The maximum absolute atomic E-state index is 14.3. The second-order valence-electron chi connectivity index (χ2n) is 25.1. The van der Waals surface area contributed by atoms with Gasteiger partial charge in [-0.15, -0.1) is 0 Å². The molecule has 0 aliphatic heterocycles. The molecule has 0 radical (unpaired) electrons. The first-order valence-electron chi connectivity index (χ1n) is 31.1. The monoisotopic (exact) mass is 1550 g/mol. The van der Waals surface area contributed by atoms with Gasteiger partial charge in [-0.2, -0.15) is 32.9 Å². The fourth-order valence-corrected chi connectivity index (χ4v) is 13.0. The summed E-state index contributed by atoms with van der Waals surface area (Å²) in [7, 11) is -12.1. The van der Waals surface area contributed by atoms with Gasteiger partial charge in [0.15, 0.2) is 0 Å². The number of anilines is 3. The Morgan fingerprint density at radius 3 is 1.09 bits per heavy atom. The number of nitriles is 3. The molecule has 6 aromatic heterocycles. The van der Waals surface area contributed by atoms with E-state index in [1.54, 1.807) is 66.7 Å². The number of aromatic amines is 2. The second kappa shape index (κ2) is 35.1. The Morgan fingerprint density at radius 2 is 0.794 bits per heavy atom. The molecule has 3 aromatic carbocycles. The number of nitrogens with zero attached hydrogens (tertiary/aromatic N) is 10. The Hall–Kier alpha value is -10.7. The summed E-state index contributed by atoms with van der Waals surface area (Å²) in [5.41, 5.74) is 1.97. The Labute approximate surface area is 653 Å². The molecule has 0 spiro atoms. The van der Waals surface area contributed by atoms with Gasteiger partial charge in [-0.1, -0.05) is 41.5 Å². The van der Waals surface area contributed by atoms with Crippen LogP contribution in [0.2, 0.25) is 0 Å². The average Bonchev–Trinajstić information content (AvgIpc) is 0.750. The van der Waals surface area contributed by atoms with Crippen LogP contribution in [0.4, 0.5) is 30.6 Å². The van der Waals surface area contributed by atoms with Crippen molar-refractivity contribution in [3.8, 4) is 18.2 Å². The molecule has 0 saturated carbocycles. The zero-order valence-electron chi connectivity index (χ0n) is 60.0. The molecule has 0 saturated heterocycles. The van der Waals surface area contributed by atoms with Gasteiger partial charge in [0.2, 0.25) is 65.3 Å². The van der Waals surface area contributed by atoms with E-state index in [2.05, 4.69) is 29.6 Å². The van der Waals surface area contributed by atoms with Gasteiger partial charge in [-0.25, -0.2) is 54.6 Å². The van der Waals surface area contributed by atoms with Crippen molar-refractivity contribution in [3.05, 3.63) is 279 Å². The minimum Gasteiger partial charge on any atom is -0.384 e. The molecule has 0 unspecified atom stereocenters. The van der Waals surface area contributed by atoms with Gasteiger partial charge in [-0.3, -0.25) is 61.9 Å². The van der Waals surface area contributed by atoms with E-state index in [1.807, 2.05) is 22.9 Å². The average molecular weight is 1550 g/mol. The summed E-state index contributed by atoms with van der Waals surface area (Å²) >= 11 is 0. The topological polar surface area (TPSA) is 467 Å². The van der Waals surface area contributed by atoms with Crippen LogP contribution in [0.25, 0.3) is 0 Å². The predicted molar refractivity (Wildman–Crippen MR) is 386 cm³/mol. The number of nitrogens with one attached hydrogen (secondary N) is 4. The second-order valence-corrected chi connectivity index (χ2v) is 30.4. The molecule has 0 atom stereocenters. The van der Waals surface area contributed by atoms with Crippen molar-refractivity contribution in [2.75, 3.05) is 33.9 Å². The quantitative estimate of drug-likeness (QED) is 0.0317. The van der Waals surface area contributed by atoms with Gasteiger partial charge < -0.3 is 13.2 Å². The molecule has 9 aromatic rings. The molecule has 107 heavy (non-hydrogen) atoms. The van der Waals surface area contributed by atoms with E-state index in [9.17, 15) is 97.4 Å². The van der Waals surface area contributed by atoms with Crippen molar-refractivity contribution in [1.82, 2.24) is 42.6 Å². The number of hydrogen-bond donors (Lipinski definition) is 5. The number of aryl methyl sites for hydroxylation is 3. The molecule has 9 rings (SSSR count). The minimum atomic E-state index is -4.46. The summed E-state index contributed by atoms with van der Waals surface area (Å²) in [6.45, 7) is 13.7. The number of carbonyl (C=O) groups excluding carboxylic acids is 3. The third kappa shape index (κ3) is 21.8. The van der Waals surface area contributed by atoms with Crippen LogP contribution in [0.15, 0.2) is 120 Å². The predicted octanol–water partition coefficient (Wildman–Crippen LogP) is 3.02. The van der Waals surface area contributed by atoms with Crippen LogP contribution in [0.5, 0.6) is 0 Å². The van der Waals surface area contributed by atoms with Crippen LogP contribution < -0.4 is 100 Å². The molecule has 30 nitrogen and oxygen atoms in total. The van der Waals surface area contributed by atoms with Crippen molar-refractivity contribution in [2.45, 2.75) is 99.7 Å². The summed E-state index contributed by atoms with van der Waals surface area (Å²) in [6.07, 6.45) is 2.33. The van der Waals surface area contributed by atoms with Crippen molar-refractivity contribution in [2.24, 2.45) is 0 Å². The number of nitrogens with two attached hydrogens (primary N) is 1. The summed E-state index contributed by atoms with van der Waals surface area (Å²) in [5.74, 6) is -7.51. The molecule has 0 aliphatic carbocycles. The fourth-order valence-electron chi connectivity index (χ4n) is 11.2. The molecule has 0 amide bonds. The third-order valence-corrected chi connectivity index (χ3v) is 17.3. The zero-order chi connectivity index (χ0) is 78.4. The number of nitrogen functional groups attached to an aromatic ring is 1. The minimum absolute atomic E-state index is 0. The number of H-pyrrole nitrogens is 2. The molecular weight excluding hydrogens is 1480 g/mol. The molecular formula is C70H69F3KN15O15S3. The fraction of sp³-hybridized carbons (Fsp3) is 0.257. The third-order valence-electron chi connectivity index (χ3n) is 15.1. The van der Waals surface area contributed by atoms with Crippen LogP contribution in [0.1, 0.15) is 174 Å². The number of ketones is 3. The van der Waals surface area contributed by atoms with Crippen molar-refractivity contribution < 1.29 is 104 Å². The van der Waals surface area contributed by atoms with E-state index in [4.69, 9.17) is 5.73 Å². The van der Waals surface area contributed by atoms with Crippen LogP contribution in [-0.2, 0) is 49.7 Å². The number of halogens is 3. The number of sulfonamides is 2. The first-order valence-corrected chi connectivity index (χ1v) is 36.7. The van der Waals surface area contributed by atoms with Gasteiger partial charge in [0, 0.05) is 33.4 Å². The van der Waals surface area contributed by atoms with Crippen molar-refractivity contribution in [1.29, 1.82) is 15.8 Å².